The Labute approximate surface area is 97.3 Å². The van der Waals surface area contributed by atoms with Crippen molar-refractivity contribution in [1.82, 2.24) is 4.98 Å². The van der Waals surface area contributed by atoms with Crippen molar-refractivity contribution in [2.24, 2.45) is 0 Å². The van der Waals surface area contributed by atoms with E-state index < -0.39 is 11.6 Å². The van der Waals surface area contributed by atoms with E-state index in [1.807, 2.05) is 0 Å². The molecular formula is C12H11F2N3. The predicted molar refractivity (Wildman–Crippen MR) is 62.3 cm³/mol. The van der Waals surface area contributed by atoms with Gasteiger partial charge in [-0.05, 0) is 24.3 Å². The zero-order chi connectivity index (χ0) is 12.3. The Kier molecular flexibility index (Phi) is 3.18. The van der Waals surface area contributed by atoms with Crippen molar-refractivity contribution in [3.05, 3.63) is 53.6 Å². The van der Waals surface area contributed by atoms with Crippen molar-refractivity contribution in [2.75, 3.05) is 11.1 Å². The van der Waals surface area contributed by atoms with Gasteiger partial charge in [-0.3, -0.25) is 0 Å². The van der Waals surface area contributed by atoms with Gasteiger partial charge in [-0.1, -0.05) is 12.1 Å². The minimum absolute atomic E-state index is 0.0169. The maximum atomic E-state index is 13.3. The average Bonchev–Trinajstić information content (AvgIpc) is 2.28. The highest BCUT2D eigenvalue weighted by Gasteiger charge is 2.07. The number of hydrogen-bond acceptors (Lipinski definition) is 3. The Bertz CT molecular complexity index is 509. The number of rotatable bonds is 3. The van der Waals surface area contributed by atoms with Crippen LogP contribution in [0.5, 0.6) is 0 Å². The molecule has 1 aromatic carbocycles. The van der Waals surface area contributed by atoms with E-state index in [9.17, 15) is 8.78 Å². The van der Waals surface area contributed by atoms with E-state index in [4.69, 9.17) is 5.73 Å². The van der Waals surface area contributed by atoms with E-state index in [-0.39, 0.29) is 12.1 Å². The molecule has 1 aromatic heterocycles. The molecule has 5 heteroatoms. The monoisotopic (exact) mass is 235 g/mol. The highest BCUT2D eigenvalue weighted by molar-refractivity contribution is 5.42. The predicted octanol–water partition coefficient (Wildman–Crippen LogP) is 2.55. The van der Waals surface area contributed by atoms with Crippen LogP contribution in [0.3, 0.4) is 0 Å². The van der Waals surface area contributed by atoms with Gasteiger partial charge in [-0.25, -0.2) is 13.8 Å². The van der Waals surface area contributed by atoms with Crippen LogP contribution in [0.25, 0.3) is 0 Å². The summed E-state index contributed by atoms with van der Waals surface area (Å²) in [5.74, 6) is -0.334. The van der Waals surface area contributed by atoms with Crippen molar-refractivity contribution < 1.29 is 8.78 Å². The van der Waals surface area contributed by atoms with Gasteiger partial charge in [0.05, 0.1) is 0 Å². The maximum Gasteiger partial charge on any atom is 0.131 e. The third-order valence-corrected chi connectivity index (χ3v) is 2.28. The number of nitrogens with two attached hydrogens (primary N) is 1. The molecule has 0 aliphatic heterocycles. The molecule has 0 unspecified atom stereocenters. The molecule has 0 bridgehead atoms. The zero-order valence-electron chi connectivity index (χ0n) is 8.95. The van der Waals surface area contributed by atoms with Crippen molar-refractivity contribution >= 4 is 11.6 Å². The molecule has 2 rings (SSSR count). The fraction of sp³-hybridized carbons (Fsp3) is 0.0833. The summed E-state index contributed by atoms with van der Waals surface area (Å²) in [7, 11) is 0. The van der Waals surface area contributed by atoms with Gasteiger partial charge in [0, 0.05) is 12.1 Å². The van der Waals surface area contributed by atoms with Gasteiger partial charge in [-0.15, -0.1) is 0 Å². The number of nitrogens with one attached hydrogen (secondary N) is 1. The lowest BCUT2D eigenvalue weighted by atomic mass is 10.2. The quantitative estimate of drug-likeness (QED) is 0.859. The molecule has 3 nitrogen and oxygen atoms in total. The first-order valence-electron chi connectivity index (χ1n) is 5.06. The SMILES string of the molecule is Nc1cccc(NCc2c(F)cccc2F)n1. The Balaban J connectivity index is 2.13. The van der Waals surface area contributed by atoms with Gasteiger partial charge in [0.15, 0.2) is 0 Å². The number of benzene rings is 1. The summed E-state index contributed by atoms with van der Waals surface area (Å²) >= 11 is 0. The second kappa shape index (κ2) is 4.78. The standard InChI is InChI=1S/C12H11F2N3/c13-9-3-1-4-10(14)8(9)7-16-12-6-2-5-11(15)17-12/h1-6H,7H2,(H3,15,16,17). The van der Waals surface area contributed by atoms with Gasteiger partial charge in [0.1, 0.15) is 23.3 Å². The number of pyridine rings is 1. The minimum atomic E-state index is -0.582. The molecule has 0 fully saturated rings. The molecular weight excluding hydrogens is 224 g/mol. The Hall–Kier alpha value is -2.17. The molecule has 17 heavy (non-hydrogen) atoms. The van der Waals surface area contributed by atoms with Crippen LogP contribution >= 0.6 is 0 Å². The Morgan fingerprint density at radius 3 is 2.35 bits per heavy atom. The highest BCUT2D eigenvalue weighted by Crippen LogP contribution is 2.14. The molecule has 0 amide bonds. The zero-order valence-corrected chi connectivity index (χ0v) is 8.95. The summed E-state index contributed by atoms with van der Waals surface area (Å²) in [5, 5.41) is 2.81. The van der Waals surface area contributed by atoms with Crippen LogP contribution in [0.1, 0.15) is 5.56 Å². The van der Waals surface area contributed by atoms with Gasteiger partial charge < -0.3 is 11.1 Å². The lowest BCUT2D eigenvalue weighted by Crippen LogP contribution is -2.06. The number of halogens is 2. The molecule has 0 spiro atoms. The normalized spacial score (nSPS) is 10.2. The molecule has 0 aliphatic carbocycles. The molecule has 0 aliphatic rings. The third kappa shape index (κ3) is 2.69. The summed E-state index contributed by atoms with van der Waals surface area (Å²) in [6.07, 6.45) is 0. The van der Waals surface area contributed by atoms with Gasteiger partial charge in [0.2, 0.25) is 0 Å². The number of anilines is 2. The summed E-state index contributed by atoms with van der Waals surface area (Å²) in [6.45, 7) is 0.0228. The highest BCUT2D eigenvalue weighted by atomic mass is 19.1. The largest absolute Gasteiger partial charge is 0.384 e. The van der Waals surface area contributed by atoms with Crippen LogP contribution in [0.15, 0.2) is 36.4 Å². The van der Waals surface area contributed by atoms with Crippen molar-refractivity contribution in [3.63, 3.8) is 0 Å². The van der Waals surface area contributed by atoms with E-state index >= 15 is 0 Å². The smallest absolute Gasteiger partial charge is 0.131 e. The van der Waals surface area contributed by atoms with Crippen LogP contribution < -0.4 is 11.1 Å². The summed E-state index contributed by atoms with van der Waals surface area (Å²) < 4.78 is 26.6. The summed E-state index contributed by atoms with van der Waals surface area (Å²) in [4.78, 5) is 3.97. The number of hydrogen-bond donors (Lipinski definition) is 2. The average molecular weight is 235 g/mol. The van der Waals surface area contributed by atoms with E-state index in [1.165, 1.54) is 18.2 Å². The Morgan fingerprint density at radius 2 is 1.71 bits per heavy atom. The third-order valence-electron chi connectivity index (χ3n) is 2.28. The van der Waals surface area contributed by atoms with E-state index in [2.05, 4.69) is 10.3 Å². The van der Waals surface area contributed by atoms with Gasteiger partial charge >= 0.3 is 0 Å². The number of nitrogen functional groups attached to an aromatic ring is 1. The molecule has 1 heterocycles. The summed E-state index contributed by atoms with van der Waals surface area (Å²) in [5.41, 5.74) is 5.47. The minimum Gasteiger partial charge on any atom is -0.384 e. The van der Waals surface area contributed by atoms with Gasteiger partial charge in [0.25, 0.3) is 0 Å². The maximum absolute atomic E-state index is 13.3. The molecule has 0 atom stereocenters. The second-order valence-corrected chi connectivity index (χ2v) is 3.50. The molecule has 0 saturated heterocycles. The molecule has 0 saturated carbocycles. The number of nitrogens with zero attached hydrogens (tertiary/aromatic N) is 1. The first-order valence-corrected chi connectivity index (χ1v) is 5.06. The fourth-order valence-electron chi connectivity index (χ4n) is 1.43. The van der Waals surface area contributed by atoms with Crippen LogP contribution in [0.2, 0.25) is 0 Å². The fourth-order valence-corrected chi connectivity index (χ4v) is 1.43. The van der Waals surface area contributed by atoms with E-state index in [0.29, 0.717) is 11.6 Å². The van der Waals surface area contributed by atoms with Crippen LogP contribution in [-0.2, 0) is 6.54 Å². The van der Waals surface area contributed by atoms with Gasteiger partial charge in [-0.2, -0.15) is 0 Å². The molecule has 88 valence electrons. The van der Waals surface area contributed by atoms with Crippen molar-refractivity contribution in [3.8, 4) is 0 Å². The topological polar surface area (TPSA) is 50.9 Å². The first kappa shape index (κ1) is 11.3. The Morgan fingerprint density at radius 1 is 1.06 bits per heavy atom. The second-order valence-electron chi connectivity index (χ2n) is 3.50. The van der Waals surface area contributed by atoms with Crippen molar-refractivity contribution in [1.29, 1.82) is 0 Å². The van der Waals surface area contributed by atoms with Crippen molar-refractivity contribution in [2.45, 2.75) is 6.54 Å². The summed E-state index contributed by atoms with van der Waals surface area (Å²) in [6, 6.07) is 8.78. The van der Waals surface area contributed by atoms with Crippen LogP contribution in [0.4, 0.5) is 20.4 Å². The van der Waals surface area contributed by atoms with E-state index in [1.54, 1.807) is 18.2 Å². The lowest BCUT2D eigenvalue weighted by molar-refractivity contribution is 0.560. The molecule has 2 aromatic rings. The molecule has 3 N–H and O–H groups in total. The first-order chi connectivity index (χ1) is 8.16. The number of aromatic nitrogens is 1. The van der Waals surface area contributed by atoms with E-state index in [0.717, 1.165) is 0 Å². The van der Waals surface area contributed by atoms with Crippen LogP contribution in [-0.4, -0.2) is 4.98 Å². The molecule has 0 radical (unpaired) electrons. The van der Waals surface area contributed by atoms with Crippen LogP contribution in [0, 0.1) is 11.6 Å². The lowest BCUT2D eigenvalue weighted by Gasteiger charge is -2.07.